The second-order valence-electron chi connectivity index (χ2n) is 3.38. The summed E-state index contributed by atoms with van der Waals surface area (Å²) >= 11 is 0. The van der Waals surface area contributed by atoms with E-state index < -0.39 is 6.09 Å². The second-order valence-corrected chi connectivity index (χ2v) is 3.38. The van der Waals surface area contributed by atoms with Crippen LogP contribution >= 0.6 is 0 Å². The summed E-state index contributed by atoms with van der Waals surface area (Å²) in [5.74, 6) is -0.283. The van der Waals surface area contributed by atoms with Gasteiger partial charge in [0.05, 0.1) is 12.6 Å². The van der Waals surface area contributed by atoms with Gasteiger partial charge in [0, 0.05) is 0 Å². The molecule has 0 saturated heterocycles. The molecule has 16 heavy (non-hydrogen) atoms. The van der Waals surface area contributed by atoms with Crippen molar-refractivity contribution in [2.75, 3.05) is 6.61 Å². The van der Waals surface area contributed by atoms with Gasteiger partial charge in [0.15, 0.2) is 0 Å². The van der Waals surface area contributed by atoms with E-state index in [1.165, 1.54) is 12.1 Å². The molecule has 0 heterocycles. The number of halogens is 1. The molecule has 1 rings (SSSR count). The Morgan fingerprint density at radius 1 is 1.38 bits per heavy atom. The zero-order valence-corrected chi connectivity index (χ0v) is 9.50. The van der Waals surface area contributed by atoms with Crippen molar-refractivity contribution in [3.63, 3.8) is 0 Å². The first-order valence-electron chi connectivity index (χ1n) is 5.36. The lowest BCUT2D eigenvalue weighted by Crippen LogP contribution is -2.28. The molecule has 1 amide bonds. The van der Waals surface area contributed by atoms with Gasteiger partial charge in [-0.1, -0.05) is 19.1 Å². The third kappa shape index (κ3) is 3.53. The summed E-state index contributed by atoms with van der Waals surface area (Å²) in [6.45, 7) is 4.03. The van der Waals surface area contributed by atoms with Crippen LogP contribution < -0.4 is 5.32 Å². The van der Waals surface area contributed by atoms with Gasteiger partial charge in [-0.2, -0.15) is 0 Å². The van der Waals surface area contributed by atoms with Crippen molar-refractivity contribution >= 4 is 6.09 Å². The molecule has 1 atom stereocenters. The molecule has 0 radical (unpaired) electrons. The highest BCUT2D eigenvalue weighted by molar-refractivity contribution is 5.67. The number of hydrogen-bond donors (Lipinski definition) is 1. The zero-order chi connectivity index (χ0) is 12.0. The Morgan fingerprint density at radius 3 is 2.50 bits per heavy atom. The maximum atomic E-state index is 12.7. The lowest BCUT2D eigenvalue weighted by atomic mass is 10.1. The van der Waals surface area contributed by atoms with Gasteiger partial charge >= 0.3 is 6.09 Å². The standard InChI is InChI=1S/C12H16FNO2/c1-3-11(14-12(15)16-4-2)9-5-7-10(13)8-6-9/h5-8,11H,3-4H2,1-2H3,(H,14,15)/t11-/m1/s1. The van der Waals surface area contributed by atoms with E-state index in [1.807, 2.05) is 6.92 Å². The summed E-state index contributed by atoms with van der Waals surface area (Å²) in [4.78, 5) is 11.2. The lowest BCUT2D eigenvalue weighted by Gasteiger charge is -2.16. The van der Waals surface area contributed by atoms with Crippen LogP contribution in [0.15, 0.2) is 24.3 Å². The fraction of sp³-hybridized carbons (Fsp3) is 0.417. The number of nitrogens with one attached hydrogen (secondary N) is 1. The van der Waals surface area contributed by atoms with E-state index >= 15 is 0 Å². The highest BCUT2D eigenvalue weighted by Gasteiger charge is 2.12. The van der Waals surface area contributed by atoms with E-state index in [1.54, 1.807) is 19.1 Å². The van der Waals surface area contributed by atoms with E-state index in [2.05, 4.69) is 5.32 Å². The van der Waals surface area contributed by atoms with Gasteiger partial charge in [-0.05, 0) is 31.0 Å². The van der Waals surface area contributed by atoms with E-state index in [-0.39, 0.29) is 11.9 Å². The Morgan fingerprint density at radius 2 is 2.00 bits per heavy atom. The molecule has 1 aromatic rings. The summed E-state index contributed by atoms with van der Waals surface area (Å²) in [5.41, 5.74) is 0.872. The predicted molar refractivity (Wildman–Crippen MR) is 59.6 cm³/mol. The van der Waals surface area contributed by atoms with Crippen molar-refractivity contribution < 1.29 is 13.9 Å². The number of amides is 1. The van der Waals surface area contributed by atoms with Crippen LogP contribution in [-0.2, 0) is 4.74 Å². The van der Waals surface area contributed by atoms with Crippen LogP contribution in [0.25, 0.3) is 0 Å². The van der Waals surface area contributed by atoms with Gasteiger partial charge in [-0.3, -0.25) is 0 Å². The first-order chi connectivity index (χ1) is 7.67. The third-order valence-electron chi connectivity index (χ3n) is 2.25. The Kier molecular flexibility index (Phi) is 4.76. The minimum absolute atomic E-state index is 0.139. The highest BCUT2D eigenvalue weighted by atomic mass is 19.1. The molecule has 0 spiro atoms. The number of benzene rings is 1. The molecule has 0 bridgehead atoms. The maximum absolute atomic E-state index is 12.7. The molecule has 0 aliphatic rings. The van der Waals surface area contributed by atoms with E-state index in [0.29, 0.717) is 6.61 Å². The summed E-state index contributed by atoms with van der Waals surface area (Å²) in [6, 6.07) is 5.95. The first kappa shape index (κ1) is 12.5. The second kappa shape index (κ2) is 6.10. The number of hydrogen-bond acceptors (Lipinski definition) is 2. The van der Waals surface area contributed by atoms with Crippen LogP contribution in [0.1, 0.15) is 31.9 Å². The molecule has 0 aromatic heterocycles. The fourth-order valence-corrected chi connectivity index (χ4v) is 1.43. The number of carbonyl (C=O) groups excluding carboxylic acids is 1. The molecule has 4 heteroatoms. The Labute approximate surface area is 94.6 Å². The van der Waals surface area contributed by atoms with Crippen molar-refractivity contribution in [3.05, 3.63) is 35.6 Å². The highest BCUT2D eigenvalue weighted by Crippen LogP contribution is 2.16. The summed E-state index contributed by atoms with van der Waals surface area (Å²) in [6.07, 6.45) is 0.281. The Balaban J connectivity index is 2.67. The molecule has 0 saturated carbocycles. The molecule has 88 valence electrons. The molecule has 1 N–H and O–H groups in total. The average Bonchev–Trinajstić information content (AvgIpc) is 2.27. The molecular weight excluding hydrogens is 209 g/mol. The van der Waals surface area contributed by atoms with Crippen LogP contribution in [0.3, 0.4) is 0 Å². The van der Waals surface area contributed by atoms with Crippen LogP contribution in [0.4, 0.5) is 9.18 Å². The molecule has 0 aliphatic carbocycles. The van der Waals surface area contributed by atoms with Gasteiger partial charge in [0.25, 0.3) is 0 Å². The van der Waals surface area contributed by atoms with Crippen molar-refractivity contribution in [1.29, 1.82) is 0 Å². The molecule has 3 nitrogen and oxygen atoms in total. The molecule has 0 unspecified atom stereocenters. The first-order valence-corrected chi connectivity index (χ1v) is 5.36. The smallest absolute Gasteiger partial charge is 0.407 e. The van der Waals surface area contributed by atoms with E-state index in [4.69, 9.17) is 4.74 Å². The van der Waals surface area contributed by atoms with Gasteiger partial charge in [-0.15, -0.1) is 0 Å². The Bertz CT molecular complexity index is 337. The number of carbonyl (C=O) groups is 1. The average molecular weight is 225 g/mol. The van der Waals surface area contributed by atoms with Gasteiger partial charge in [-0.25, -0.2) is 9.18 Å². The normalized spacial score (nSPS) is 11.9. The van der Waals surface area contributed by atoms with Crippen LogP contribution in [0.2, 0.25) is 0 Å². The van der Waals surface area contributed by atoms with E-state index in [0.717, 1.165) is 12.0 Å². The summed E-state index contributed by atoms with van der Waals surface area (Å²) in [7, 11) is 0. The lowest BCUT2D eigenvalue weighted by molar-refractivity contribution is 0.147. The van der Waals surface area contributed by atoms with Gasteiger partial charge in [0.2, 0.25) is 0 Å². The summed E-state index contributed by atoms with van der Waals surface area (Å²) in [5, 5.41) is 2.72. The molecular formula is C12H16FNO2. The number of ether oxygens (including phenoxy) is 1. The van der Waals surface area contributed by atoms with E-state index in [9.17, 15) is 9.18 Å². The monoisotopic (exact) mass is 225 g/mol. The number of alkyl carbamates (subject to hydrolysis) is 1. The van der Waals surface area contributed by atoms with Crippen LogP contribution in [0.5, 0.6) is 0 Å². The minimum atomic E-state index is -0.446. The van der Waals surface area contributed by atoms with Gasteiger partial charge in [0.1, 0.15) is 5.82 Å². The van der Waals surface area contributed by atoms with Crippen molar-refractivity contribution in [2.45, 2.75) is 26.3 Å². The quantitative estimate of drug-likeness (QED) is 0.855. The summed E-state index contributed by atoms with van der Waals surface area (Å²) < 4.78 is 17.5. The largest absolute Gasteiger partial charge is 0.450 e. The SMILES string of the molecule is CCOC(=O)N[C@H](CC)c1ccc(F)cc1. The fourth-order valence-electron chi connectivity index (χ4n) is 1.43. The van der Waals surface area contributed by atoms with Crippen molar-refractivity contribution in [3.8, 4) is 0 Å². The Hall–Kier alpha value is -1.58. The minimum Gasteiger partial charge on any atom is -0.450 e. The maximum Gasteiger partial charge on any atom is 0.407 e. The molecule has 1 aromatic carbocycles. The number of rotatable bonds is 4. The van der Waals surface area contributed by atoms with Crippen LogP contribution in [-0.4, -0.2) is 12.7 Å². The third-order valence-corrected chi connectivity index (χ3v) is 2.25. The van der Waals surface area contributed by atoms with Crippen molar-refractivity contribution in [1.82, 2.24) is 5.32 Å². The topological polar surface area (TPSA) is 38.3 Å². The van der Waals surface area contributed by atoms with Gasteiger partial charge < -0.3 is 10.1 Å². The predicted octanol–water partition coefficient (Wildman–Crippen LogP) is 3.02. The molecule has 0 fully saturated rings. The zero-order valence-electron chi connectivity index (χ0n) is 9.50. The molecule has 0 aliphatic heterocycles. The van der Waals surface area contributed by atoms with Crippen molar-refractivity contribution in [2.24, 2.45) is 0 Å². The van der Waals surface area contributed by atoms with Crippen LogP contribution in [0, 0.1) is 5.82 Å².